The van der Waals surface area contributed by atoms with Gasteiger partial charge >= 0.3 is 0 Å². The average molecular weight is 456 g/mol. The summed E-state index contributed by atoms with van der Waals surface area (Å²) in [6.45, 7) is 0. The number of carbonyl (C=O) groups is 1. The largest absolute Gasteiger partial charge is 0.376 e. The number of halogens is 1. The molecule has 0 saturated carbocycles. The van der Waals surface area contributed by atoms with Crippen LogP contribution in [0.1, 0.15) is 16.1 Å². The fourth-order valence-electron chi connectivity index (χ4n) is 0.801. The van der Waals surface area contributed by atoms with Gasteiger partial charge in [-0.25, -0.2) is 0 Å². The van der Waals surface area contributed by atoms with Crippen LogP contribution in [0.2, 0.25) is 5.15 Å². The molecule has 0 aliphatic heterocycles. The third-order valence-corrected chi connectivity index (χ3v) is 1.57. The smallest absolute Gasteiger partial charge is 0.227 e. The fraction of sp³-hybridized carbons (Fsp3) is 0. The van der Waals surface area contributed by atoms with Crippen molar-refractivity contribution in [2.75, 3.05) is 0 Å². The van der Waals surface area contributed by atoms with Gasteiger partial charge in [0.05, 0.1) is 6.29 Å². The van der Waals surface area contributed by atoms with Crippen LogP contribution in [0.5, 0.6) is 0 Å². The van der Waals surface area contributed by atoms with Gasteiger partial charge in [0.2, 0.25) is 5.91 Å². The van der Waals surface area contributed by atoms with E-state index in [9.17, 15) is 9.59 Å². The van der Waals surface area contributed by atoms with Crippen molar-refractivity contribution >= 4 is 23.8 Å². The van der Waals surface area contributed by atoms with E-state index >= 15 is 0 Å². The molecule has 1 aromatic heterocycles. The molecule has 1 N–H and O–H groups in total. The molecule has 5 nitrogen and oxygen atoms in total. The van der Waals surface area contributed by atoms with Gasteiger partial charge in [0.15, 0.2) is 6.19 Å². The molecule has 15 heavy (non-hydrogen) atoms. The molecule has 7 heteroatoms. The Bertz CT molecular complexity index is 430. The van der Waals surface area contributed by atoms with Crippen LogP contribution < -0.4 is 5.32 Å². The monoisotopic (exact) mass is 451 g/mol. The molecule has 0 atom stereocenters. The van der Waals surface area contributed by atoms with Crippen LogP contribution in [0.25, 0.3) is 0 Å². The van der Waals surface area contributed by atoms with E-state index in [2.05, 4.69) is 4.98 Å². The van der Waals surface area contributed by atoms with Crippen LogP contribution in [0.4, 0.5) is 0 Å². The molecule has 0 saturated heterocycles. The molecule has 0 unspecified atom stereocenters. The standard InChI is InChI=1S/C8H3ClN3O2.Cm/c9-6-2-1-5(3-13)7(12-6)8(14)11-4-10;/h1-2H,(H,11,14);/q-1;. The van der Waals surface area contributed by atoms with Gasteiger partial charge in [-0.1, -0.05) is 17.7 Å². The van der Waals surface area contributed by atoms with E-state index < -0.39 is 5.91 Å². The number of nitrogens with one attached hydrogen (secondary N) is 1. The molecule has 0 bridgehead atoms. The summed E-state index contributed by atoms with van der Waals surface area (Å²) in [6, 6.07) is 2.65. The third kappa shape index (κ3) is 2.50. The van der Waals surface area contributed by atoms with Gasteiger partial charge in [-0.15, -0.1) is 5.56 Å². The maximum Gasteiger partial charge on any atom is 0.227 e. The predicted octanol–water partition coefficient (Wildman–Crippen LogP) is 0.404. The molecule has 1 amide bonds. The third-order valence-electron chi connectivity index (χ3n) is 1.36. The molecule has 78 valence electrons. The Labute approximate surface area is 84.3 Å². The van der Waals surface area contributed by atoms with Crippen molar-refractivity contribution in [3.05, 3.63) is 28.5 Å². The Morgan fingerprint density at radius 3 is 2.80 bits per heavy atom. The van der Waals surface area contributed by atoms with Crippen LogP contribution in [-0.4, -0.2) is 17.2 Å². The van der Waals surface area contributed by atoms with Crippen molar-refractivity contribution < 1.29 is 9.59 Å². The molecule has 1 heterocycles. The number of aromatic nitrogens is 1. The van der Waals surface area contributed by atoms with Gasteiger partial charge in [-0.05, 0) is 0 Å². The van der Waals surface area contributed by atoms with E-state index in [0.29, 0.717) is 0 Å². The average Bonchev–Trinajstić information content (AvgIpc) is 2.18. The second kappa shape index (κ2) is 4.94. The molecular formula is C8H3ClCmN3O2-. The van der Waals surface area contributed by atoms with Crippen LogP contribution in [0.15, 0.2) is 12.1 Å². The van der Waals surface area contributed by atoms with E-state index in [0.717, 1.165) is 0 Å². The zero-order chi connectivity index (χ0) is 10.6. The van der Waals surface area contributed by atoms with Crippen molar-refractivity contribution in [1.82, 2.24) is 10.3 Å². The Morgan fingerprint density at radius 1 is 1.60 bits per heavy atom. The topological polar surface area (TPSA) is 82.8 Å². The number of amides is 1. The van der Waals surface area contributed by atoms with Gasteiger partial charge in [-0.3, -0.25) is 15.1 Å². The number of carbonyl (C=O) groups excluding carboxylic acids is 2. The van der Waals surface area contributed by atoms with Gasteiger partial charge in [0, 0.05) is 5.69 Å². The minimum absolute atomic E-state index is 0. The van der Waals surface area contributed by atoms with Gasteiger partial charge in [0.1, 0.15) is 5.15 Å². The SMILES string of the molecule is N#CNC(=O)c1nc(Cl)ccc1[C-]=O.[Cm]. The molecule has 0 fully saturated rings. The Balaban J connectivity index is 0.00000196. The quantitative estimate of drug-likeness (QED) is 0.303. The van der Waals surface area contributed by atoms with Crippen LogP contribution >= 0.6 is 11.6 Å². The molecule has 1 aromatic rings. The van der Waals surface area contributed by atoms with Gasteiger partial charge in [-0.2, -0.15) is 11.3 Å². The van der Waals surface area contributed by atoms with Crippen LogP contribution in [0, 0.1) is 11.5 Å². The Kier molecular flexibility index (Phi) is 3.98. The van der Waals surface area contributed by atoms with E-state index in [1.54, 1.807) is 0 Å². The zero-order valence-electron chi connectivity index (χ0n) is 7.10. The number of nitriles is 1. The molecule has 0 aliphatic carbocycles. The number of hydrogen-bond acceptors (Lipinski definition) is 4. The first kappa shape index (κ1) is 12.1. The van der Waals surface area contributed by atoms with Crippen LogP contribution in [-0.2, 0) is 4.79 Å². The first-order chi connectivity index (χ1) is 6.69. The first-order valence-corrected chi connectivity index (χ1v) is 3.81. The minimum Gasteiger partial charge on any atom is -0.376 e. The molecule has 0 aromatic carbocycles. The second-order valence-corrected chi connectivity index (χ2v) is 2.59. The summed E-state index contributed by atoms with van der Waals surface area (Å²) in [5, 5.41) is 10.1. The van der Waals surface area contributed by atoms with Crippen molar-refractivity contribution in [3.63, 3.8) is 0 Å². The van der Waals surface area contributed by atoms with Crippen molar-refractivity contribution in [2.24, 2.45) is 0 Å². The maximum atomic E-state index is 11.1. The summed E-state index contributed by atoms with van der Waals surface area (Å²) in [7, 11) is 0. The van der Waals surface area contributed by atoms with Gasteiger partial charge < -0.3 is 4.79 Å². The number of pyridine rings is 1. The van der Waals surface area contributed by atoms with Crippen molar-refractivity contribution in [1.29, 1.82) is 5.26 Å². The molecular weight excluding hydrogens is 453 g/mol. The summed E-state index contributed by atoms with van der Waals surface area (Å²) in [6.07, 6.45) is 2.95. The van der Waals surface area contributed by atoms with E-state index in [4.69, 9.17) is 16.9 Å². The van der Waals surface area contributed by atoms with E-state index in [-0.39, 0.29) is 16.4 Å². The fourth-order valence-corrected chi connectivity index (χ4v) is 0.948. The molecule has 0 radical (unpaired) electrons. The molecule has 0 spiro atoms. The summed E-state index contributed by atoms with van der Waals surface area (Å²) in [5.74, 6) is -0.784. The Hall–Kier alpha value is -2.93. The van der Waals surface area contributed by atoms with Crippen molar-refractivity contribution in [2.45, 2.75) is 0 Å². The first-order valence-electron chi connectivity index (χ1n) is 3.43. The zero-order valence-corrected chi connectivity index (χ0v) is 10.8. The van der Waals surface area contributed by atoms with Crippen LogP contribution in [0.3, 0.4) is 0 Å². The number of hydrogen-bond donors (Lipinski definition) is 1. The number of rotatable bonds is 2. The minimum atomic E-state index is -0.784. The predicted molar refractivity (Wildman–Crippen MR) is 47.1 cm³/mol. The summed E-state index contributed by atoms with van der Waals surface area (Å²) >= 11 is 5.51. The van der Waals surface area contributed by atoms with E-state index in [1.807, 2.05) is 5.32 Å². The number of nitrogens with zero attached hydrogens (tertiary/aromatic N) is 2. The maximum absolute atomic E-state index is 11.1. The normalized spacial score (nSPS) is 8.27. The molecule has 0 aliphatic rings. The summed E-state index contributed by atoms with van der Waals surface area (Å²) < 4.78 is 0. The summed E-state index contributed by atoms with van der Waals surface area (Å²) in [4.78, 5) is 25.1. The van der Waals surface area contributed by atoms with Crippen molar-refractivity contribution in [3.8, 4) is 6.19 Å². The molecule has 1 rings (SSSR count). The Morgan fingerprint density at radius 2 is 2.27 bits per heavy atom. The van der Waals surface area contributed by atoms with E-state index in [1.165, 1.54) is 24.6 Å². The van der Waals surface area contributed by atoms with Gasteiger partial charge in [0.25, 0.3) is 0 Å². The second-order valence-electron chi connectivity index (χ2n) is 2.20. The summed E-state index contributed by atoms with van der Waals surface area (Å²) in [5.41, 5.74) is -0.254.